The fourth-order valence-corrected chi connectivity index (χ4v) is 2.38. The first-order valence-electron chi connectivity index (χ1n) is 7.22. The molecule has 1 fully saturated rings. The number of aromatic nitrogens is 1. The predicted molar refractivity (Wildman–Crippen MR) is 75.5 cm³/mol. The predicted octanol–water partition coefficient (Wildman–Crippen LogP) is 1.92. The number of nitrogens with zero attached hydrogens (tertiary/aromatic N) is 1. The van der Waals surface area contributed by atoms with E-state index in [0.717, 1.165) is 25.7 Å². The van der Waals surface area contributed by atoms with Gasteiger partial charge in [0.1, 0.15) is 12.7 Å². The first-order valence-corrected chi connectivity index (χ1v) is 7.22. The van der Waals surface area contributed by atoms with Gasteiger partial charge in [-0.05, 0) is 38.7 Å². The molecular weight excluding hydrogens is 256 g/mol. The van der Waals surface area contributed by atoms with Gasteiger partial charge in [-0.2, -0.15) is 0 Å². The number of pyridine rings is 1. The molecule has 0 aromatic carbocycles. The first-order chi connectivity index (χ1) is 9.78. The highest BCUT2D eigenvalue weighted by molar-refractivity contribution is 5.77. The summed E-state index contributed by atoms with van der Waals surface area (Å²) >= 11 is 0. The molecule has 1 aromatic heterocycles. The smallest absolute Gasteiger partial charge is 0.246 e. The maximum Gasteiger partial charge on any atom is 0.246 e. The van der Waals surface area contributed by atoms with Gasteiger partial charge >= 0.3 is 0 Å². The first kappa shape index (κ1) is 14.8. The van der Waals surface area contributed by atoms with Crippen LogP contribution >= 0.6 is 0 Å². The van der Waals surface area contributed by atoms with Crippen molar-refractivity contribution in [3.63, 3.8) is 0 Å². The Bertz CT molecular complexity index is 403. The summed E-state index contributed by atoms with van der Waals surface area (Å²) < 4.78 is 10.9. The van der Waals surface area contributed by atoms with Gasteiger partial charge in [0.2, 0.25) is 11.8 Å². The van der Waals surface area contributed by atoms with E-state index in [0.29, 0.717) is 12.5 Å². The summed E-state index contributed by atoms with van der Waals surface area (Å²) in [6, 6.07) is 5.90. The van der Waals surface area contributed by atoms with Gasteiger partial charge in [-0.15, -0.1) is 0 Å². The molecule has 1 aliphatic carbocycles. The lowest BCUT2D eigenvalue weighted by atomic mass is 9.93. The number of hydrogen-bond donors (Lipinski definition) is 1. The van der Waals surface area contributed by atoms with Crippen LogP contribution in [0, 0.1) is 0 Å². The maximum absolute atomic E-state index is 11.6. The molecule has 1 aromatic rings. The average molecular weight is 278 g/mol. The van der Waals surface area contributed by atoms with Crippen molar-refractivity contribution in [1.29, 1.82) is 0 Å². The van der Waals surface area contributed by atoms with Crippen LogP contribution in [0.2, 0.25) is 0 Å². The second-order valence-electron chi connectivity index (χ2n) is 4.96. The molecule has 5 nitrogen and oxygen atoms in total. The van der Waals surface area contributed by atoms with Crippen LogP contribution in [0.4, 0.5) is 0 Å². The quantitative estimate of drug-likeness (QED) is 0.863. The van der Waals surface area contributed by atoms with Crippen molar-refractivity contribution in [2.75, 3.05) is 13.2 Å². The molecule has 0 spiro atoms. The molecule has 1 heterocycles. The average Bonchev–Trinajstić information content (AvgIpc) is 2.48. The molecule has 1 N–H and O–H groups in total. The van der Waals surface area contributed by atoms with Crippen LogP contribution < -0.4 is 10.1 Å². The molecule has 1 aliphatic rings. The van der Waals surface area contributed by atoms with Crippen LogP contribution in [0.3, 0.4) is 0 Å². The van der Waals surface area contributed by atoms with E-state index in [1.165, 1.54) is 0 Å². The van der Waals surface area contributed by atoms with Crippen LogP contribution in [0.1, 0.15) is 32.6 Å². The zero-order valence-electron chi connectivity index (χ0n) is 11.9. The summed E-state index contributed by atoms with van der Waals surface area (Å²) in [5.74, 6) is 0.650. The minimum Gasteiger partial charge on any atom is -0.474 e. The SMILES string of the molecule is CCOCC(=O)NC1CCC(Oc2ccccn2)CC1. The molecule has 0 aliphatic heterocycles. The number of carbonyl (C=O) groups is 1. The molecule has 110 valence electrons. The molecule has 5 heteroatoms. The van der Waals surface area contributed by atoms with Gasteiger partial charge in [-0.3, -0.25) is 4.79 Å². The molecule has 1 saturated carbocycles. The third-order valence-corrected chi connectivity index (χ3v) is 3.40. The Labute approximate surface area is 119 Å². The number of hydrogen-bond acceptors (Lipinski definition) is 4. The fourth-order valence-electron chi connectivity index (χ4n) is 2.38. The number of rotatable bonds is 6. The van der Waals surface area contributed by atoms with Gasteiger partial charge in [0.25, 0.3) is 0 Å². The van der Waals surface area contributed by atoms with Gasteiger partial charge in [-0.25, -0.2) is 4.98 Å². The normalized spacial score (nSPS) is 22.2. The second-order valence-corrected chi connectivity index (χ2v) is 4.96. The van der Waals surface area contributed by atoms with E-state index in [9.17, 15) is 4.79 Å². The van der Waals surface area contributed by atoms with Crippen molar-refractivity contribution in [2.24, 2.45) is 0 Å². The van der Waals surface area contributed by atoms with E-state index in [1.54, 1.807) is 6.20 Å². The molecule has 0 saturated heterocycles. The van der Waals surface area contributed by atoms with Crippen molar-refractivity contribution >= 4 is 5.91 Å². The van der Waals surface area contributed by atoms with Crippen LogP contribution in [-0.4, -0.2) is 36.3 Å². The monoisotopic (exact) mass is 278 g/mol. The van der Waals surface area contributed by atoms with Crippen molar-refractivity contribution in [3.8, 4) is 5.88 Å². The van der Waals surface area contributed by atoms with Gasteiger partial charge < -0.3 is 14.8 Å². The summed E-state index contributed by atoms with van der Waals surface area (Å²) in [5, 5.41) is 3.00. The highest BCUT2D eigenvalue weighted by Gasteiger charge is 2.23. The van der Waals surface area contributed by atoms with Crippen molar-refractivity contribution in [1.82, 2.24) is 10.3 Å². The van der Waals surface area contributed by atoms with Gasteiger partial charge in [0, 0.05) is 24.9 Å². The van der Waals surface area contributed by atoms with E-state index >= 15 is 0 Å². The van der Waals surface area contributed by atoms with Gasteiger partial charge in [0.05, 0.1) is 0 Å². The van der Waals surface area contributed by atoms with E-state index in [4.69, 9.17) is 9.47 Å². The molecule has 1 amide bonds. The lowest BCUT2D eigenvalue weighted by Gasteiger charge is -2.29. The highest BCUT2D eigenvalue weighted by Crippen LogP contribution is 2.22. The molecule has 20 heavy (non-hydrogen) atoms. The van der Waals surface area contributed by atoms with E-state index < -0.39 is 0 Å². The van der Waals surface area contributed by atoms with Crippen LogP contribution in [0.5, 0.6) is 5.88 Å². The molecule has 2 rings (SSSR count). The Morgan fingerprint density at radius 1 is 1.35 bits per heavy atom. The Balaban J connectivity index is 1.68. The summed E-state index contributed by atoms with van der Waals surface area (Å²) in [6.45, 7) is 2.60. The Hall–Kier alpha value is -1.62. The summed E-state index contributed by atoms with van der Waals surface area (Å²) in [5.41, 5.74) is 0. The fraction of sp³-hybridized carbons (Fsp3) is 0.600. The largest absolute Gasteiger partial charge is 0.474 e. The minimum absolute atomic E-state index is 0.0269. The van der Waals surface area contributed by atoms with Crippen molar-refractivity contribution in [2.45, 2.75) is 44.8 Å². The van der Waals surface area contributed by atoms with Crippen molar-refractivity contribution < 1.29 is 14.3 Å². The van der Waals surface area contributed by atoms with Crippen LogP contribution in [-0.2, 0) is 9.53 Å². The standard InChI is InChI=1S/C15H22N2O3/c1-2-19-11-14(18)17-12-6-8-13(9-7-12)20-15-5-3-4-10-16-15/h3-5,10,12-13H,2,6-9,11H2,1H3,(H,17,18). The Morgan fingerprint density at radius 2 is 2.15 bits per heavy atom. The minimum atomic E-state index is -0.0269. The van der Waals surface area contributed by atoms with E-state index in [2.05, 4.69) is 10.3 Å². The number of carbonyl (C=O) groups excluding carboxylic acids is 1. The van der Waals surface area contributed by atoms with Gasteiger partial charge in [0.15, 0.2) is 0 Å². The number of nitrogens with one attached hydrogen (secondary N) is 1. The molecule has 0 bridgehead atoms. The Morgan fingerprint density at radius 3 is 2.80 bits per heavy atom. The lowest BCUT2D eigenvalue weighted by molar-refractivity contribution is -0.126. The van der Waals surface area contributed by atoms with Gasteiger partial charge in [-0.1, -0.05) is 6.07 Å². The summed E-state index contributed by atoms with van der Waals surface area (Å²) in [6.07, 6.45) is 5.69. The van der Waals surface area contributed by atoms with E-state index in [-0.39, 0.29) is 24.7 Å². The zero-order chi connectivity index (χ0) is 14.2. The molecule has 0 radical (unpaired) electrons. The second kappa shape index (κ2) is 7.85. The Kier molecular flexibility index (Phi) is 5.80. The molecule has 0 unspecified atom stereocenters. The summed E-state index contributed by atoms with van der Waals surface area (Å²) in [7, 11) is 0. The van der Waals surface area contributed by atoms with E-state index in [1.807, 2.05) is 25.1 Å². The third kappa shape index (κ3) is 4.81. The van der Waals surface area contributed by atoms with Crippen molar-refractivity contribution in [3.05, 3.63) is 24.4 Å². The number of ether oxygens (including phenoxy) is 2. The summed E-state index contributed by atoms with van der Waals surface area (Å²) in [4.78, 5) is 15.7. The van der Waals surface area contributed by atoms with Crippen LogP contribution in [0.15, 0.2) is 24.4 Å². The van der Waals surface area contributed by atoms with Crippen LogP contribution in [0.25, 0.3) is 0 Å². The number of amides is 1. The molecule has 0 atom stereocenters. The lowest BCUT2D eigenvalue weighted by Crippen LogP contribution is -2.41. The molecular formula is C15H22N2O3. The highest BCUT2D eigenvalue weighted by atomic mass is 16.5. The maximum atomic E-state index is 11.6. The topological polar surface area (TPSA) is 60.5 Å². The third-order valence-electron chi connectivity index (χ3n) is 3.40. The zero-order valence-corrected chi connectivity index (χ0v) is 11.9.